The van der Waals surface area contributed by atoms with Gasteiger partial charge in [0.05, 0.1) is 5.88 Å². The second-order valence-corrected chi connectivity index (χ2v) is 5.86. The van der Waals surface area contributed by atoms with E-state index in [-0.39, 0.29) is 11.9 Å². The van der Waals surface area contributed by atoms with Gasteiger partial charge in [-0.05, 0) is 30.5 Å². The first-order valence-electron chi connectivity index (χ1n) is 6.70. The number of nitrogens with one attached hydrogen (secondary N) is 2. The van der Waals surface area contributed by atoms with Gasteiger partial charge in [-0.3, -0.25) is 10.2 Å². The first kappa shape index (κ1) is 14.7. The summed E-state index contributed by atoms with van der Waals surface area (Å²) in [6.07, 6.45) is 2.39. The Morgan fingerprint density at radius 1 is 1.40 bits per heavy atom. The predicted molar refractivity (Wildman–Crippen MR) is 84.0 cm³/mol. The van der Waals surface area contributed by atoms with Crippen LogP contribution in [0, 0.1) is 5.41 Å². The van der Waals surface area contributed by atoms with Crippen molar-refractivity contribution in [2.24, 2.45) is 5.73 Å². The molecule has 1 heterocycles. The largest absolute Gasteiger partial charge is 0.370 e. The molecular formula is C14H20N4OS. The fourth-order valence-electron chi connectivity index (χ4n) is 2.12. The van der Waals surface area contributed by atoms with Gasteiger partial charge >= 0.3 is 0 Å². The van der Waals surface area contributed by atoms with E-state index in [2.05, 4.69) is 5.32 Å². The van der Waals surface area contributed by atoms with Crippen LogP contribution in [0.25, 0.3) is 0 Å². The summed E-state index contributed by atoms with van der Waals surface area (Å²) in [5.74, 6) is 2.12. The lowest BCUT2D eigenvalue weighted by Gasteiger charge is -2.14. The molecule has 0 radical (unpaired) electrons. The Kier molecular flexibility index (Phi) is 5.29. The van der Waals surface area contributed by atoms with E-state index in [1.165, 1.54) is 5.56 Å². The lowest BCUT2D eigenvalue weighted by Crippen LogP contribution is -2.27. The molecule has 0 bridgehead atoms. The van der Waals surface area contributed by atoms with Crippen LogP contribution >= 0.6 is 11.8 Å². The summed E-state index contributed by atoms with van der Waals surface area (Å²) < 4.78 is 0. The van der Waals surface area contributed by atoms with Crippen LogP contribution in [0.15, 0.2) is 24.3 Å². The molecule has 1 amide bonds. The standard InChI is InChI=1S/C14H20N4OS/c15-14(16)17-12-6-4-11(5-7-12)2-1-3-13(19)18-8-9-20-10-18/h4-7H,1-3,8-10H2,(H4,15,16,17). The summed E-state index contributed by atoms with van der Waals surface area (Å²) in [5.41, 5.74) is 7.27. The number of nitrogens with two attached hydrogens (primary N) is 1. The average Bonchev–Trinajstić information content (AvgIpc) is 2.94. The van der Waals surface area contributed by atoms with Crippen LogP contribution in [-0.2, 0) is 11.2 Å². The first-order chi connectivity index (χ1) is 9.65. The molecule has 1 aromatic carbocycles. The van der Waals surface area contributed by atoms with Crippen LogP contribution in [0.4, 0.5) is 5.69 Å². The molecule has 1 fully saturated rings. The number of rotatable bonds is 5. The number of carbonyl (C=O) groups excluding carboxylic acids is 1. The number of carbonyl (C=O) groups is 1. The molecular weight excluding hydrogens is 272 g/mol. The molecule has 0 atom stereocenters. The zero-order chi connectivity index (χ0) is 14.4. The lowest BCUT2D eigenvalue weighted by atomic mass is 10.1. The maximum absolute atomic E-state index is 11.9. The molecule has 108 valence electrons. The van der Waals surface area contributed by atoms with Gasteiger partial charge in [-0.15, -0.1) is 11.8 Å². The van der Waals surface area contributed by atoms with Crippen LogP contribution in [0.5, 0.6) is 0 Å². The van der Waals surface area contributed by atoms with Gasteiger partial charge in [0.25, 0.3) is 0 Å². The minimum atomic E-state index is -0.0631. The Bertz CT molecular complexity index is 469. The normalized spacial score (nSPS) is 14.3. The van der Waals surface area contributed by atoms with Crippen molar-refractivity contribution in [3.05, 3.63) is 29.8 Å². The van der Waals surface area contributed by atoms with Gasteiger partial charge in [-0.1, -0.05) is 12.1 Å². The zero-order valence-electron chi connectivity index (χ0n) is 11.4. The molecule has 0 aliphatic carbocycles. The third kappa shape index (κ3) is 4.45. The molecule has 0 unspecified atom stereocenters. The molecule has 1 aromatic rings. The maximum Gasteiger partial charge on any atom is 0.223 e. The van der Waals surface area contributed by atoms with Crippen LogP contribution < -0.4 is 11.1 Å². The van der Waals surface area contributed by atoms with Gasteiger partial charge in [-0.25, -0.2) is 0 Å². The fourth-order valence-corrected chi connectivity index (χ4v) is 3.09. The Morgan fingerprint density at radius 2 is 2.15 bits per heavy atom. The summed E-state index contributed by atoms with van der Waals surface area (Å²) >= 11 is 1.82. The van der Waals surface area contributed by atoms with E-state index in [0.29, 0.717) is 6.42 Å². The predicted octanol–water partition coefficient (Wildman–Crippen LogP) is 1.85. The molecule has 0 spiro atoms. The number of hydrogen-bond donors (Lipinski definition) is 3. The number of nitrogens with zero attached hydrogens (tertiary/aromatic N) is 1. The van der Waals surface area contributed by atoms with E-state index < -0.39 is 0 Å². The quantitative estimate of drug-likeness (QED) is 0.571. The van der Waals surface area contributed by atoms with Gasteiger partial charge in [0.2, 0.25) is 5.91 Å². The number of guanidine groups is 1. The number of aryl methyl sites for hydroxylation is 1. The summed E-state index contributed by atoms with van der Waals surface area (Å²) in [5, 5.41) is 9.89. The van der Waals surface area contributed by atoms with Crippen molar-refractivity contribution in [1.82, 2.24) is 4.90 Å². The van der Waals surface area contributed by atoms with Gasteiger partial charge in [-0.2, -0.15) is 0 Å². The number of anilines is 1. The van der Waals surface area contributed by atoms with E-state index in [4.69, 9.17) is 11.1 Å². The molecule has 1 saturated heterocycles. The second-order valence-electron chi connectivity index (χ2n) is 4.78. The summed E-state index contributed by atoms with van der Waals surface area (Å²) in [6.45, 7) is 0.898. The van der Waals surface area contributed by atoms with Crippen molar-refractivity contribution < 1.29 is 4.79 Å². The second kappa shape index (κ2) is 7.19. The van der Waals surface area contributed by atoms with E-state index in [9.17, 15) is 4.79 Å². The van der Waals surface area contributed by atoms with Crippen molar-refractivity contribution in [2.75, 3.05) is 23.5 Å². The molecule has 1 aliphatic rings. The van der Waals surface area contributed by atoms with Crippen molar-refractivity contribution in [2.45, 2.75) is 19.3 Å². The first-order valence-corrected chi connectivity index (χ1v) is 7.86. The summed E-state index contributed by atoms with van der Waals surface area (Å²) in [6, 6.07) is 7.80. The van der Waals surface area contributed by atoms with Crippen molar-refractivity contribution in [1.29, 1.82) is 5.41 Å². The monoisotopic (exact) mass is 292 g/mol. The van der Waals surface area contributed by atoms with Crippen LogP contribution in [0.1, 0.15) is 18.4 Å². The van der Waals surface area contributed by atoms with Gasteiger partial charge in [0.1, 0.15) is 0 Å². The van der Waals surface area contributed by atoms with Gasteiger partial charge in [0, 0.05) is 24.4 Å². The average molecular weight is 292 g/mol. The molecule has 20 heavy (non-hydrogen) atoms. The number of hydrogen-bond acceptors (Lipinski definition) is 3. The van der Waals surface area contributed by atoms with E-state index >= 15 is 0 Å². The number of thioether (sulfide) groups is 1. The Morgan fingerprint density at radius 3 is 2.75 bits per heavy atom. The molecule has 5 nitrogen and oxygen atoms in total. The highest BCUT2D eigenvalue weighted by Crippen LogP contribution is 2.16. The molecule has 1 aliphatic heterocycles. The van der Waals surface area contributed by atoms with E-state index in [0.717, 1.165) is 36.7 Å². The molecule has 6 heteroatoms. The summed E-state index contributed by atoms with van der Waals surface area (Å²) in [7, 11) is 0. The Balaban J connectivity index is 1.73. The molecule has 2 rings (SSSR count). The molecule has 0 aromatic heterocycles. The van der Waals surface area contributed by atoms with Crippen LogP contribution in [-0.4, -0.2) is 34.9 Å². The SMILES string of the molecule is N=C(N)Nc1ccc(CCCC(=O)N2CCSC2)cc1. The highest BCUT2D eigenvalue weighted by Gasteiger charge is 2.17. The number of benzene rings is 1. The third-order valence-corrected chi connectivity index (χ3v) is 4.16. The van der Waals surface area contributed by atoms with E-state index in [1.54, 1.807) is 0 Å². The van der Waals surface area contributed by atoms with Gasteiger partial charge < -0.3 is 16.0 Å². The van der Waals surface area contributed by atoms with Crippen molar-refractivity contribution in [3.8, 4) is 0 Å². The summed E-state index contributed by atoms with van der Waals surface area (Å²) in [4.78, 5) is 13.8. The topological polar surface area (TPSA) is 82.2 Å². The fraction of sp³-hybridized carbons (Fsp3) is 0.429. The zero-order valence-corrected chi connectivity index (χ0v) is 12.2. The third-order valence-electron chi connectivity index (χ3n) is 3.19. The van der Waals surface area contributed by atoms with Crippen molar-refractivity contribution >= 4 is 29.3 Å². The van der Waals surface area contributed by atoms with Crippen molar-refractivity contribution in [3.63, 3.8) is 0 Å². The van der Waals surface area contributed by atoms with Gasteiger partial charge in [0.15, 0.2) is 5.96 Å². The molecule has 0 saturated carbocycles. The molecule has 4 N–H and O–H groups in total. The smallest absolute Gasteiger partial charge is 0.223 e. The maximum atomic E-state index is 11.9. The van der Waals surface area contributed by atoms with Crippen LogP contribution in [0.3, 0.4) is 0 Å². The highest BCUT2D eigenvalue weighted by molar-refractivity contribution is 7.99. The Labute approximate surface area is 123 Å². The minimum absolute atomic E-state index is 0.0631. The van der Waals surface area contributed by atoms with Crippen LogP contribution in [0.2, 0.25) is 0 Å². The Hall–Kier alpha value is -1.69. The minimum Gasteiger partial charge on any atom is -0.370 e. The number of amides is 1. The highest BCUT2D eigenvalue weighted by atomic mass is 32.2. The lowest BCUT2D eigenvalue weighted by molar-refractivity contribution is -0.129. The van der Waals surface area contributed by atoms with E-state index in [1.807, 2.05) is 40.9 Å².